The van der Waals surface area contributed by atoms with E-state index in [0.29, 0.717) is 42.5 Å². The Morgan fingerprint density at radius 1 is 1.23 bits per heavy atom. The van der Waals surface area contributed by atoms with Crippen LogP contribution in [0.15, 0.2) is 54.9 Å². The normalized spacial score (nSPS) is 15.6. The Morgan fingerprint density at radius 3 is 2.87 bits per heavy atom. The fraction of sp³-hybridized carbons (Fsp3) is 0.217. The van der Waals surface area contributed by atoms with E-state index in [1.54, 1.807) is 22.7 Å². The zero-order valence-corrected chi connectivity index (χ0v) is 17.1. The summed E-state index contributed by atoms with van der Waals surface area (Å²) >= 11 is 0. The van der Waals surface area contributed by atoms with Crippen molar-refractivity contribution in [3.8, 4) is 11.6 Å². The molecule has 3 N–H and O–H groups in total. The van der Waals surface area contributed by atoms with Crippen LogP contribution in [-0.2, 0) is 17.9 Å². The maximum Gasteiger partial charge on any atom is 0.250 e. The van der Waals surface area contributed by atoms with Crippen LogP contribution in [0, 0.1) is 0 Å². The number of imidazole rings is 1. The summed E-state index contributed by atoms with van der Waals surface area (Å²) in [6.07, 6.45) is 3.46. The van der Waals surface area contributed by atoms with Crippen LogP contribution >= 0.6 is 0 Å². The van der Waals surface area contributed by atoms with Crippen molar-refractivity contribution in [2.45, 2.75) is 26.0 Å². The van der Waals surface area contributed by atoms with E-state index in [-0.39, 0.29) is 5.92 Å². The van der Waals surface area contributed by atoms with Crippen LogP contribution in [0.1, 0.15) is 40.0 Å². The number of rotatable bonds is 5. The molecule has 1 unspecified atom stereocenters. The Balaban J connectivity index is 1.61. The van der Waals surface area contributed by atoms with Gasteiger partial charge in [0.2, 0.25) is 0 Å². The summed E-state index contributed by atoms with van der Waals surface area (Å²) in [6, 6.07) is 13.6. The average molecular weight is 414 g/mol. The SMILES string of the molecule is CC1COCc2c(NCc3ccccc3)nc(-c3ncc4c(C(N)=O)cccn34)nc21. The highest BCUT2D eigenvalue weighted by Crippen LogP contribution is 2.32. The van der Waals surface area contributed by atoms with E-state index in [9.17, 15) is 4.79 Å². The molecule has 1 atom stereocenters. The van der Waals surface area contributed by atoms with E-state index in [2.05, 4.69) is 29.4 Å². The first kappa shape index (κ1) is 19.2. The Hall–Kier alpha value is -3.78. The number of nitrogens with zero attached hydrogens (tertiary/aromatic N) is 4. The van der Waals surface area contributed by atoms with Gasteiger partial charge in [0.1, 0.15) is 5.82 Å². The lowest BCUT2D eigenvalue weighted by Crippen LogP contribution is -2.20. The summed E-state index contributed by atoms with van der Waals surface area (Å²) in [7, 11) is 0. The van der Waals surface area contributed by atoms with E-state index in [4.69, 9.17) is 20.4 Å². The van der Waals surface area contributed by atoms with Gasteiger partial charge in [0, 0.05) is 24.2 Å². The summed E-state index contributed by atoms with van der Waals surface area (Å²) in [5.74, 6) is 1.42. The van der Waals surface area contributed by atoms with Gasteiger partial charge in [0.25, 0.3) is 5.91 Å². The zero-order valence-electron chi connectivity index (χ0n) is 17.1. The third kappa shape index (κ3) is 3.51. The van der Waals surface area contributed by atoms with E-state index in [1.165, 1.54) is 0 Å². The molecule has 0 spiro atoms. The van der Waals surface area contributed by atoms with Crippen LogP contribution < -0.4 is 11.1 Å². The summed E-state index contributed by atoms with van der Waals surface area (Å²) in [4.78, 5) is 26.0. The number of pyridine rings is 1. The number of nitrogens with one attached hydrogen (secondary N) is 1. The van der Waals surface area contributed by atoms with Gasteiger partial charge >= 0.3 is 0 Å². The number of primary amides is 1. The molecule has 0 saturated heterocycles. The second kappa shape index (κ2) is 7.81. The number of anilines is 1. The first-order valence-corrected chi connectivity index (χ1v) is 10.1. The van der Waals surface area contributed by atoms with Crippen molar-refractivity contribution >= 4 is 17.2 Å². The number of carbonyl (C=O) groups excluding carboxylic acids is 1. The van der Waals surface area contributed by atoms with Gasteiger partial charge in [-0.05, 0) is 17.7 Å². The molecule has 5 rings (SSSR count). The molecular formula is C23H22N6O2. The Bertz CT molecular complexity index is 1270. The summed E-state index contributed by atoms with van der Waals surface area (Å²) in [5, 5.41) is 3.45. The highest BCUT2D eigenvalue weighted by molar-refractivity contribution is 5.99. The van der Waals surface area contributed by atoms with Crippen LogP contribution in [0.2, 0.25) is 0 Å². The molecule has 156 valence electrons. The molecule has 8 nitrogen and oxygen atoms in total. The lowest BCUT2D eigenvalue weighted by atomic mass is 10.0. The minimum atomic E-state index is -0.501. The van der Waals surface area contributed by atoms with Gasteiger partial charge < -0.3 is 15.8 Å². The van der Waals surface area contributed by atoms with Crippen LogP contribution in [-0.4, -0.2) is 31.9 Å². The number of nitrogens with two attached hydrogens (primary N) is 1. The summed E-state index contributed by atoms with van der Waals surface area (Å²) in [6.45, 7) is 3.79. The predicted molar refractivity (Wildman–Crippen MR) is 117 cm³/mol. The highest BCUT2D eigenvalue weighted by Gasteiger charge is 2.25. The van der Waals surface area contributed by atoms with Gasteiger partial charge in [-0.25, -0.2) is 15.0 Å². The molecule has 3 aromatic heterocycles. The molecular weight excluding hydrogens is 392 g/mol. The van der Waals surface area contributed by atoms with Crippen molar-refractivity contribution in [2.24, 2.45) is 5.73 Å². The zero-order chi connectivity index (χ0) is 21.4. The quantitative estimate of drug-likeness (QED) is 0.520. The molecule has 1 amide bonds. The van der Waals surface area contributed by atoms with Crippen molar-refractivity contribution in [3.05, 3.63) is 77.2 Å². The van der Waals surface area contributed by atoms with Crippen molar-refractivity contribution in [2.75, 3.05) is 11.9 Å². The molecule has 8 heteroatoms. The molecule has 0 fully saturated rings. The van der Waals surface area contributed by atoms with Crippen molar-refractivity contribution in [1.29, 1.82) is 0 Å². The molecule has 1 aliphatic rings. The average Bonchev–Trinajstić information content (AvgIpc) is 3.22. The van der Waals surface area contributed by atoms with Crippen LogP contribution in [0.4, 0.5) is 5.82 Å². The van der Waals surface area contributed by atoms with Crippen LogP contribution in [0.25, 0.3) is 17.2 Å². The molecule has 0 radical (unpaired) electrons. The van der Waals surface area contributed by atoms with E-state index in [1.807, 2.05) is 24.4 Å². The minimum Gasteiger partial charge on any atom is -0.376 e. The number of ether oxygens (including phenoxy) is 1. The van der Waals surface area contributed by atoms with E-state index < -0.39 is 5.91 Å². The second-order valence-electron chi connectivity index (χ2n) is 7.64. The second-order valence-corrected chi connectivity index (χ2v) is 7.64. The van der Waals surface area contributed by atoms with Gasteiger partial charge in [0.05, 0.1) is 36.2 Å². The first-order chi connectivity index (χ1) is 15.1. The van der Waals surface area contributed by atoms with Crippen LogP contribution in [0.3, 0.4) is 0 Å². The van der Waals surface area contributed by atoms with Gasteiger partial charge in [-0.1, -0.05) is 37.3 Å². The standard InChI is InChI=1S/C23H22N6O2/c1-14-12-31-13-17-19(14)27-22(28-21(17)25-10-15-6-3-2-4-7-15)23-26-11-18-16(20(24)30)8-5-9-29(18)23/h2-9,11,14H,10,12-13H2,1H3,(H2,24,30)(H,25,27,28). The first-order valence-electron chi connectivity index (χ1n) is 10.1. The predicted octanol–water partition coefficient (Wildman–Crippen LogP) is 3.14. The fourth-order valence-electron chi connectivity index (χ4n) is 3.89. The lowest BCUT2D eigenvalue weighted by molar-refractivity contribution is 0.0934. The fourth-order valence-corrected chi connectivity index (χ4v) is 3.89. The van der Waals surface area contributed by atoms with Gasteiger partial charge in [-0.3, -0.25) is 9.20 Å². The van der Waals surface area contributed by atoms with Gasteiger partial charge in [-0.15, -0.1) is 0 Å². The monoisotopic (exact) mass is 414 g/mol. The molecule has 0 bridgehead atoms. The van der Waals surface area contributed by atoms with Gasteiger partial charge in [0.15, 0.2) is 11.6 Å². The third-order valence-electron chi connectivity index (χ3n) is 5.46. The molecule has 0 saturated carbocycles. The number of fused-ring (bicyclic) bond motifs is 2. The van der Waals surface area contributed by atoms with Crippen molar-refractivity contribution < 1.29 is 9.53 Å². The largest absolute Gasteiger partial charge is 0.376 e. The lowest BCUT2D eigenvalue weighted by Gasteiger charge is -2.24. The number of hydrogen-bond donors (Lipinski definition) is 2. The van der Waals surface area contributed by atoms with Crippen LogP contribution in [0.5, 0.6) is 0 Å². The molecule has 4 heterocycles. The number of amides is 1. The number of hydrogen-bond acceptors (Lipinski definition) is 6. The molecule has 0 aliphatic carbocycles. The van der Waals surface area contributed by atoms with Crippen molar-refractivity contribution in [3.63, 3.8) is 0 Å². The van der Waals surface area contributed by atoms with Gasteiger partial charge in [-0.2, -0.15) is 0 Å². The Morgan fingerprint density at radius 2 is 2.06 bits per heavy atom. The molecule has 1 aromatic carbocycles. The van der Waals surface area contributed by atoms with E-state index >= 15 is 0 Å². The van der Waals surface area contributed by atoms with Crippen molar-refractivity contribution in [1.82, 2.24) is 19.4 Å². The highest BCUT2D eigenvalue weighted by atomic mass is 16.5. The molecule has 4 aromatic rings. The summed E-state index contributed by atoms with van der Waals surface area (Å²) in [5.41, 5.74) is 9.63. The molecule has 1 aliphatic heterocycles. The Labute approximate surface area is 179 Å². The maximum atomic E-state index is 11.8. The number of carbonyl (C=O) groups is 1. The topological polar surface area (TPSA) is 107 Å². The smallest absolute Gasteiger partial charge is 0.250 e. The third-order valence-corrected chi connectivity index (χ3v) is 5.46. The summed E-state index contributed by atoms with van der Waals surface area (Å²) < 4.78 is 7.55. The molecule has 31 heavy (non-hydrogen) atoms. The maximum absolute atomic E-state index is 11.8. The minimum absolute atomic E-state index is 0.134. The number of aromatic nitrogens is 4. The number of benzene rings is 1. The van der Waals surface area contributed by atoms with E-state index in [0.717, 1.165) is 22.6 Å². The Kier molecular flexibility index (Phi) is 4.83.